The molecule has 1 amide bonds. The predicted molar refractivity (Wildman–Crippen MR) is 89.4 cm³/mol. The zero-order valence-electron chi connectivity index (χ0n) is 13.1. The molecular weight excluding hydrogens is 312 g/mol. The Balaban J connectivity index is 1.68. The number of anilines is 1. The third kappa shape index (κ3) is 3.48. The Kier molecular flexibility index (Phi) is 4.24. The molecule has 0 atom stereocenters. The first kappa shape index (κ1) is 15.4. The second kappa shape index (κ2) is 6.33. The van der Waals surface area contributed by atoms with Gasteiger partial charge in [-0.25, -0.2) is 14.6 Å². The summed E-state index contributed by atoms with van der Waals surface area (Å²) in [6.45, 7) is 4.01. The van der Waals surface area contributed by atoms with Gasteiger partial charge in [0.15, 0.2) is 11.2 Å². The summed E-state index contributed by atoms with van der Waals surface area (Å²) in [6, 6.07) is 5.96. The molecule has 0 unspecified atom stereocenters. The van der Waals surface area contributed by atoms with E-state index in [0.717, 1.165) is 16.8 Å². The Morgan fingerprint density at radius 3 is 2.70 bits per heavy atom. The molecule has 23 heavy (non-hydrogen) atoms. The van der Waals surface area contributed by atoms with Gasteiger partial charge in [0.05, 0.1) is 5.75 Å². The van der Waals surface area contributed by atoms with Crippen molar-refractivity contribution in [2.75, 3.05) is 11.1 Å². The molecule has 3 rings (SSSR count). The van der Waals surface area contributed by atoms with Crippen molar-refractivity contribution in [2.24, 2.45) is 7.05 Å². The molecule has 3 aromatic rings. The van der Waals surface area contributed by atoms with E-state index in [9.17, 15) is 4.79 Å². The largest absolute Gasteiger partial charge is 0.325 e. The average Bonchev–Trinajstić information content (AvgIpc) is 2.86. The lowest BCUT2D eigenvalue weighted by Gasteiger charge is -2.07. The number of nitrogens with zero attached hydrogens (tertiary/aromatic N) is 5. The number of rotatable bonds is 4. The number of benzene rings is 1. The third-order valence-electron chi connectivity index (χ3n) is 3.20. The number of carbonyl (C=O) groups excluding carboxylic acids is 1. The summed E-state index contributed by atoms with van der Waals surface area (Å²) in [5, 5.41) is 11.5. The van der Waals surface area contributed by atoms with Crippen LogP contribution in [-0.2, 0) is 11.8 Å². The van der Waals surface area contributed by atoms with Crippen LogP contribution in [0.15, 0.2) is 29.6 Å². The molecule has 0 saturated heterocycles. The van der Waals surface area contributed by atoms with Crippen molar-refractivity contribution in [3.63, 3.8) is 0 Å². The summed E-state index contributed by atoms with van der Waals surface area (Å²) in [5.74, 6) is 0.158. The first-order valence-electron chi connectivity index (χ1n) is 7.04. The summed E-state index contributed by atoms with van der Waals surface area (Å²) in [7, 11) is 1.77. The molecule has 0 saturated carbocycles. The van der Waals surface area contributed by atoms with Gasteiger partial charge in [-0.1, -0.05) is 23.0 Å². The van der Waals surface area contributed by atoms with Gasteiger partial charge in [0.1, 0.15) is 11.4 Å². The van der Waals surface area contributed by atoms with E-state index in [-0.39, 0.29) is 11.7 Å². The molecule has 8 heteroatoms. The smallest absolute Gasteiger partial charge is 0.234 e. The van der Waals surface area contributed by atoms with E-state index in [1.54, 1.807) is 11.7 Å². The van der Waals surface area contributed by atoms with Gasteiger partial charge in [-0.3, -0.25) is 4.79 Å². The Morgan fingerprint density at radius 1 is 1.22 bits per heavy atom. The number of fused-ring (bicyclic) bond motifs is 1. The van der Waals surface area contributed by atoms with Gasteiger partial charge in [-0.2, -0.15) is 0 Å². The van der Waals surface area contributed by atoms with E-state index in [1.807, 2.05) is 26.0 Å². The lowest BCUT2D eigenvalue weighted by molar-refractivity contribution is -0.113. The molecule has 0 aliphatic carbocycles. The Hall–Kier alpha value is -2.48. The summed E-state index contributed by atoms with van der Waals surface area (Å²) in [4.78, 5) is 20.4. The second-order valence-electron chi connectivity index (χ2n) is 5.28. The van der Waals surface area contributed by atoms with Crippen LogP contribution in [0.5, 0.6) is 0 Å². The van der Waals surface area contributed by atoms with Gasteiger partial charge in [-0.15, -0.1) is 5.10 Å². The molecule has 0 fully saturated rings. The van der Waals surface area contributed by atoms with E-state index in [4.69, 9.17) is 0 Å². The quantitative estimate of drug-likeness (QED) is 0.583. The Morgan fingerprint density at radius 2 is 1.96 bits per heavy atom. The van der Waals surface area contributed by atoms with Crippen LogP contribution in [0.4, 0.5) is 5.69 Å². The predicted octanol–water partition coefficient (Wildman–Crippen LogP) is 2.11. The highest BCUT2D eigenvalue weighted by atomic mass is 32.2. The number of nitrogens with one attached hydrogen (secondary N) is 1. The molecule has 1 aromatic carbocycles. The van der Waals surface area contributed by atoms with Crippen LogP contribution in [-0.4, -0.2) is 36.6 Å². The monoisotopic (exact) mass is 328 g/mol. The van der Waals surface area contributed by atoms with Gasteiger partial charge < -0.3 is 5.32 Å². The van der Waals surface area contributed by atoms with Gasteiger partial charge in [0.25, 0.3) is 0 Å². The van der Waals surface area contributed by atoms with Crippen LogP contribution < -0.4 is 5.32 Å². The number of hydrogen-bond donors (Lipinski definition) is 1. The molecule has 1 N–H and O–H groups in total. The Labute approximate surface area is 137 Å². The molecule has 7 nitrogen and oxygen atoms in total. The van der Waals surface area contributed by atoms with Gasteiger partial charge in [0, 0.05) is 12.7 Å². The van der Waals surface area contributed by atoms with Crippen molar-refractivity contribution in [1.29, 1.82) is 0 Å². The zero-order valence-corrected chi connectivity index (χ0v) is 13.9. The molecule has 0 aliphatic heterocycles. The van der Waals surface area contributed by atoms with Crippen LogP contribution in [0.1, 0.15) is 11.1 Å². The van der Waals surface area contributed by atoms with E-state index in [1.165, 1.54) is 18.1 Å². The number of carbonyl (C=O) groups is 1. The van der Waals surface area contributed by atoms with Gasteiger partial charge >= 0.3 is 0 Å². The van der Waals surface area contributed by atoms with Crippen molar-refractivity contribution in [1.82, 2.24) is 25.0 Å². The van der Waals surface area contributed by atoms with E-state index in [0.29, 0.717) is 16.2 Å². The maximum Gasteiger partial charge on any atom is 0.234 e. The van der Waals surface area contributed by atoms with Crippen LogP contribution in [0.25, 0.3) is 11.2 Å². The maximum absolute atomic E-state index is 12.1. The highest BCUT2D eigenvalue weighted by molar-refractivity contribution is 8.00. The maximum atomic E-state index is 12.1. The van der Waals surface area contributed by atoms with Gasteiger partial charge in [-0.05, 0) is 37.1 Å². The Bertz CT molecular complexity index is 855. The topological polar surface area (TPSA) is 85.6 Å². The zero-order chi connectivity index (χ0) is 16.4. The molecule has 2 heterocycles. The van der Waals surface area contributed by atoms with Crippen LogP contribution >= 0.6 is 11.8 Å². The third-order valence-corrected chi connectivity index (χ3v) is 4.18. The minimum Gasteiger partial charge on any atom is -0.325 e. The SMILES string of the molecule is Cc1cc(C)cc(NC(=O)CSc2ncnc3c2nnn3C)c1. The summed E-state index contributed by atoms with van der Waals surface area (Å²) in [5.41, 5.74) is 4.30. The highest BCUT2D eigenvalue weighted by Gasteiger charge is 2.12. The number of aromatic nitrogens is 5. The standard InChI is InChI=1S/C15H16N6OS/c1-9-4-10(2)6-11(5-9)18-12(22)7-23-15-13-14(16-8-17-15)21(3)20-19-13/h4-6,8H,7H2,1-3H3,(H,18,22). The molecule has 2 aromatic heterocycles. The van der Waals surface area contributed by atoms with Crippen molar-refractivity contribution in [2.45, 2.75) is 18.9 Å². The minimum atomic E-state index is -0.0874. The number of thioether (sulfide) groups is 1. The van der Waals surface area contributed by atoms with E-state index >= 15 is 0 Å². The fourth-order valence-corrected chi connectivity index (χ4v) is 3.05. The number of aryl methyl sites for hydroxylation is 3. The fraction of sp³-hybridized carbons (Fsp3) is 0.267. The van der Waals surface area contributed by atoms with Crippen LogP contribution in [0, 0.1) is 13.8 Å². The molecular formula is C15H16N6OS. The molecule has 0 bridgehead atoms. The van der Waals surface area contributed by atoms with Gasteiger partial charge in [0.2, 0.25) is 5.91 Å². The minimum absolute atomic E-state index is 0.0874. The first-order valence-corrected chi connectivity index (χ1v) is 8.03. The summed E-state index contributed by atoms with van der Waals surface area (Å²) >= 11 is 1.32. The van der Waals surface area contributed by atoms with Crippen molar-refractivity contribution < 1.29 is 4.79 Å². The van der Waals surface area contributed by atoms with Crippen LogP contribution in [0.2, 0.25) is 0 Å². The van der Waals surface area contributed by atoms with Crippen molar-refractivity contribution in [3.8, 4) is 0 Å². The fourth-order valence-electron chi connectivity index (χ4n) is 2.32. The molecule has 0 radical (unpaired) electrons. The molecule has 0 aliphatic rings. The average molecular weight is 328 g/mol. The van der Waals surface area contributed by atoms with E-state index < -0.39 is 0 Å². The normalized spacial score (nSPS) is 10.9. The molecule has 118 valence electrons. The van der Waals surface area contributed by atoms with Crippen molar-refractivity contribution in [3.05, 3.63) is 35.7 Å². The highest BCUT2D eigenvalue weighted by Crippen LogP contribution is 2.22. The number of amides is 1. The van der Waals surface area contributed by atoms with Crippen LogP contribution in [0.3, 0.4) is 0 Å². The second-order valence-corrected chi connectivity index (χ2v) is 6.24. The molecule has 0 spiro atoms. The van der Waals surface area contributed by atoms with E-state index in [2.05, 4.69) is 31.7 Å². The lowest BCUT2D eigenvalue weighted by atomic mass is 10.1. The first-order chi connectivity index (χ1) is 11.0. The summed E-state index contributed by atoms with van der Waals surface area (Å²) in [6.07, 6.45) is 1.45. The lowest BCUT2D eigenvalue weighted by Crippen LogP contribution is -2.14. The summed E-state index contributed by atoms with van der Waals surface area (Å²) < 4.78 is 1.58. The van der Waals surface area contributed by atoms with Crippen molar-refractivity contribution >= 4 is 34.5 Å². The number of hydrogen-bond acceptors (Lipinski definition) is 6.